The molecular weight excluding hydrogens is 769 g/mol. The van der Waals surface area contributed by atoms with Crippen LogP contribution in [0.1, 0.15) is 266 Å². The summed E-state index contributed by atoms with van der Waals surface area (Å²) in [5.74, 6) is -1.49. The summed E-state index contributed by atoms with van der Waals surface area (Å²) in [7, 11) is -4.57. The van der Waals surface area contributed by atoms with Crippen LogP contribution in [0.15, 0.2) is 47.4 Å². The minimum atomic E-state index is -4.57. The molecule has 0 atom stereocenters. The Hall–Kier alpha value is -2.45. The van der Waals surface area contributed by atoms with Gasteiger partial charge in [-0.2, -0.15) is 8.42 Å². The molecule has 0 saturated heterocycles. The van der Waals surface area contributed by atoms with Crippen molar-refractivity contribution in [3.05, 3.63) is 53.6 Å². The highest BCUT2D eigenvalue weighted by atomic mass is 32.2. The molecule has 1 rings (SSSR count). The monoisotopic (exact) mass is 859 g/mol. The Bertz CT molecular complexity index is 1340. The summed E-state index contributed by atoms with van der Waals surface area (Å²) in [6.45, 7) is 4.88. The Morgan fingerprint density at radius 1 is 0.433 bits per heavy atom. The second-order valence-electron chi connectivity index (χ2n) is 17.2. The minimum Gasteiger partial charge on any atom is -0.462 e. The van der Waals surface area contributed by atoms with Crippen molar-refractivity contribution in [2.45, 2.75) is 250 Å². The third-order valence-electron chi connectivity index (χ3n) is 11.5. The lowest BCUT2D eigenvalue weighted by Gasteiger charge is -2.11. The molecule has 0 aliphatic rings. The maximum atomic E-state index is 13.0. The van der Waals surface area contributed by atoms with Crippen LogP contribution in [-0.2, 0) is 19.6 Å². The molecule has 0 amide bonds. The van der Waals surface area contributed by atoms with Crippen molar-refractivity contribution in [1.82, 2.24) is 0 Å². The van der Waals surface area contributed by atoms with E-state index in [0.717, 1.165) is 50.7 Å². The molecule has 60 heavy (non-hydrogen) atoms. The standard InChI is InChI=1S/C52H90O7S/c1-3-5-7-9-11-13-15-17-19-21-23-25-27-29-31-33-35-37-39-41-45-58-51(53)49-44-43-48(60(55,56)57)47-50(49)52(54)59-46-42-40-38-36-34-32-30-28-26-24-22-20-18-16-14-12-10-8-6-4-2/h9-12,43-44,47H,3-8,13-42,45-46H2,1-2H3,(H,55,56,57)/b11-9+,12-10+. The zero-order valence-electron chi connectivity index (χ0n) is 38.7. The highest BCUT2D eigenvalue weighted by Crippen LogP contribution is 2.20. The number of hydrogen-bond acceptors (Lipinski definition) is 6. The highest BCUT2D eigenvalue weighted by Gasteiger charge is 2.23. The van der Waals surface area contributed by atoms with E-state index in [4.69, 9.17) is 9.47 Å². The average molecular weight is 859 g/mol. The molecular formula is C52H90O7S. The van der Waals surface area contributed by atoms with Gasteiger partial charge in [0.1, 0.15) is 0 Å². The van der Waals surface area contributed by atoms with E-state index in [1.807, 2.05) is 0 Å². The van der Waals surface area contributed by atoms with E-state index in [1.165, 1.54) is 192 Å². The normalized spacial score (nSPS) is 11.9. The Kier molecular flexibility index (Phi) is 37.6. The van der Waals surface area contributed by atoms with Crippen LogP contribution in [0, 0.1) is 0 Å². The van der Waals surface area contributed by atoms with Crippen molar-refractivity contribution >= 4 is 22.1 Å². The predicted octanol–water partition coefficient (Wildman–Crippen LogP) is 16.4. The lowest BCUT2D eigenvalue weighted by molar-refractivity contribution is 0.0450. The van der Waals surface area contributed by atoms with E-state index < -0.39 is 27.0 Å². The molecule has 0 aromatic heterocycles. The van der Waals surface area contributed by atoms with E-state index in [0.29, 0.717) is 6.42 Å². The van der Waals surface area contributed by atoms with Gasteiger partial charge in [-0.1, -0.05) is 218 Å². The van der Waals surface area contributed by atoms with Gasteiger partial charge in [0.15, 0.2) is 0 Å². The molecule has 0 fully saturated rings. The molecule has 1 aromatic carbocycles. The first-order chi connectivity index (χ1) is 29.3. The van der Waals surface area contributed by atoms with Crippen LogP contribution in [0.25, 0.3) is 0 Å². The van der Waals surface area contributed by atoms with Gasteiger partial charge in [0.05, 0.1) is 29.2 Å². The molecule has 1 N–H and O–H groups in total. The zero-order valence-corrected chi connectivity index (χ0v) is 39.5. The number of ether oxygens (including phenoxy) is 2. The fourth-order valence-corrected chi connectivity index (χ4v) is 8.11. The van der Waals surface area contributed by atoms with Gasteiger partial charge >= 0.3 is 11.9 Å². The van der Waals surface area contributed by atoms with Crippen molar-refractivity contribution < 1.29 is 32.0 Å². The molecule has 0 unspecified atom stereocenters. The van der Waals surface area contributed by atoms with Crippen LogP contribution < -0.4 is 0 Å². The predicted molar refractivity (Wildman–Crippen MR) is 253 cm³/mol. The Morgan fingerprint density at radius 3 is 1.03 bits per heavy atom. The first kappa shape index (κ1) is 55.6. The molecule has 346 valence electrons. The molecule has 0 radical (unpaired) electrons. The van der Waals surface area contributed by atoms with Gasteiger partial charge < -0.3 is 9.47 Å². The molecule has 0 spiro atoms. The van der Waals surface area contributed by atoms with Gasteiger partial charge in [-0.05, 0) is 69.6 Å². The fraction of sp³-hybridized carbons (Fsp3) is 0.769. The molecule has 0 aliphatic heterocycles. The molecule has 0 saturated carbocycles. The number of rotatable bonds is 43. The van der Waals surface area contributed by atoms with Crippen LogP contribution in [0.3, 0.4) is 0 Å². The number of unbranched alkanes of at least 4 members (excludes halogenated alkanes) is 32. The topological polar surface area (TPSA) is 107 Å². The molecule has 0 bridgehead atoms. The van der Waals surface area contributed by atoms with E-state index >= 15 is 0 Å². The Morgan fingerprint density at radius 2 is 0.717 bits per heavy atom. The van der Waals surface area contributed by atoms with Gasteiger partial charge in [0.2, 0.25) is 0 Å². The van der Waals surface area contributed by atoms with Gasteiger partial charge in [0.25, 0.3) is 10.1 Å². The minimum absolute atomic E-state index is 0.0563. The van der Waals surface area contributed by atoms with Crippen molar-refractivity contribution in [3.8, 4) is 0 Å². The molecule has 0 heterocycles. The van der Waals surface area contributed by atoms with Crippen LogP contribution >= 0.6 is 0 Å². The lowest BCUT2D eigenvalue weighted by atomic mass is 10.0. The van der Waals surface area contributed by atoms with Crippen LogP contribution in [0.4, 0.5) is 0 Å². The first-order valence-electron chi connectivity index (χ1n) is 25.1. The molecule has 1 aromatic rings. The van der Waals surface area contributed by atoms with Gasteiger partial charge in [-0.3, -0.25) is 4.55 Å². The fourth-order valence-electron chi connectivity index (χ4n) is 7.60. The summed E-state index contributed by atoms with van der Waals surface area (Å²) in [5, 5.41) is 0. The molecule has 0 aliphatic carbocycles. The number of carbonyl (C=O) groups excluding carboxylic acids is 2. The molecule has 8 heteroatoms. The number of carbonyl (C=O) groups is 2. The third-order valence-corrected chi connectivity index (χ3v) is 12.4. The summed E-state index contributed by atoms with van der Waals surface area (Å²) < 4.78 is 44.1. The number of hydrogen-bond donors (Lipinski definition) is 1. The smallest absolute Gasteiger partial charge is 0.339 e. The lowest BCUT2D eigenvalue weighted by Crippen LogP contribution is -2.16. The van der Waals surface area contributed by atoms with Gasteiger partial charge in [0, 0.05) is 0 Å². The van der Waals surface area contributed by atoms with Crippen molar-refractivity contribution in [1.29, 1.82) is 0 Å². The summed E-state index contributed by atoms with van der Waals surface area (Å²) in [4.78, 5) is 25.5. The Labute approximate surface area is 369 Å². The van der Waals surface area contributed by atoms with Crippen molar-refractivity contribution in [2.75, 3.05) is 13.2 Å². The number of allylic oxidation sites excluding steroid dienone is 4. The second kappa shape index (κ2) is 40.6. The summed E-state index contributed by atoms with van der Waals surface area (Å²) in [6.07, 6.45) is 53.8. The van der Waals surface area contributed by atoms with Crippen molar-refractivity contribution in [3.63, 3.8) is 0 Å². The molecule has 7 nitrogen and oxygen atoms in total. The zero-order chi connectivity index (χ0) is 43.6. The van der Waals surface area contributed by atoms with E-state index in [1.54, 1.807) is 0 Å². The Balaban J connectivity index is 2.13. The van der Waals surface area contributed by atoms with E-state index in [9.17, 15) is 22.6 Å². The number of esters is 2. The maximum absolute atomic E-state index is 13.0. The summed E-state index contributed by atoms with van der Waals surface area (Å²) in [5.41, 5.74) is -0.263. The van der Waals surface area contributed by atoms with E-state index in [-0.39, 0.29) is 24.3 Å². The van der Waals surface area contributed by atoms with Crippen LogP contribution in [0.2, 0.25) is 0 Å². The maximum Gasteiger partial charge on any atom is 0.339 e. The quantitative estimate of drug-likeness (QED) is 0.0302. The largest absolute Gasteiger partial charge is 0.462 e. The highest BCUT2D eigenvalue weighted by molar-refractivity contribution is 7.85. The SMILES string of the molecule is CCCC/C=C/CCCCCCCCCCCCCCCCOC(=O)c1ccc(S(=O)(=O)O)cc1C(=O)OCCCCCCCCCCCCCCCC/C=C/CCCC. The summed E-state index contributed by atoms with van der Waals surface area (Å²) in [6, 6.07) is 3.32. The van der Waals surface area contributed by atoms with Crippen LogP contribution in [0.5, 0.6) is 0 Å². The average Bonchev–Trinajstić information content (AvgIpc) is 3.24. The second-order valence-corrected chi connectivity index (χ2v) is 18.6. The van der Waals surface area contributed by atoms with Crippen molar-refractivity contribution in [2.24, 2.45) is 0 Å². The third kappa shape index (κ3) is 33.2. The van der Waals surface area contributed by atoms with Gasteiger partial charge in [-0.25, -0.2) is 9.59 Å². The summed E-state index contributed by atoms with van der Waals surface area (Å²) >= 11 is 0. The number of benzene rings is 1. The van der Waals surface area contributed by atoms with Gasteiger partial charge in [-0.15, -0.1) is 0 Å². The van der Waals surface area contributed by atoms with E-state index in [2.05, 4.69) is 38.2 Å². The van der Waals surface area contributed by atoms with Crippen LogP contribution in [-0.4, -0.2) is 38.1 Å². The first-order valence-corrected chi connectivity index (χ1v) is 26.5.